The zero-order valence-electron chi connectivity index (χ0n) is 11.5. The van der Waals surface area contributed by atoms with E-state index in [1.807, 2.05) is 0 Å². The van der Waals surface area contributed by atoms with E-state index in [4.69, 9.17) is 0 Å². The summed E-state index contributed by atoms with van der Waals surface area (Å²) in [5, 5.41) is 14.5. The van der Waals surface area contributed by atoms with Crippen LogP contribution in [0.2, 0.25) is 0 Å². The fraction of sp³-hybridized carbons (Fsp3) is 0.462. The second-order valence-electron chi connectivity index (χ2n) is 5.38. The molecular weight excluding hydrogens is 246 g/mol. The van der Waals surface area contributed by atoms with E-state index in [0.717, 1.165) is 0 Å². The summed E-state index contributed by atoms with van der Waals surface area (Å²) in [7, 11) is 0. The Morgan fingerprint density at radius 2 is 1.89 bits per heavy atom. The second-order valence-corrected chi connectivity index (χ2v) is 5.38. The van der Waals surface area contributed by atoms with Gasteiger partial charge in [-0.25, -0.2) is 4.79 Å². The highest BCUT2D eigenvalue weighted by Gasteiger charge is 2.44. The van der Waals surface area contributed by atoms with Gasteiger partial charge >= 0.3 is 12.0 Å². The Morgan fingerprint density at radius 3 is 2.37 bits per heavy atom. The number of amides is 2. The van der Waals surface area contributed by atoms with Crippen LogP contribution in [0.3, 0.4) is 0 Å². The van der Waals surface area contributed by atoms with Crippen LogP contribution in [0.4, 0.5) is 10.5 Å². The first-order valence-electron chi connectivity index (χ1n) is 5.89. The number of carboxylic acid groups (broad SMARTS) is 1. The lowest BCUT2D eigenvalue weighted by Crippen LogP contribution is -2.57. The molecule has 0 atom stereocenters. The molecule has 0 saturated carbocycles. The Bertz CT molecular complexity index is 469. The molecule has 1 aromatic rings. The third-order valence-electron chi connectivity index (χ3n) is 3.44. The molecule has 6 heteroatoms. The van der Waals surface area contributed by atoms with Crippen LogP contribution in [-0.4, -0.2) is 27.6 Å². The number of urea groups is 1. The van der Waals surface area contributed by atoms with Gasteiger partial charge in [0.2, 0.25) is 0 Å². The van der Waals surface area contributed by atoms with Gasteiger partial charge in [-0.2, -0.15) is 0 Å². The smallest absolute Gasteiger partial charge is 0.319 e. The highest BCUT2D eigenvalue weighted by molar-refractivity contribution is 5.90. The first kappa shape index (κ1) is 14.9. The van der Waals surface area contributed by atoms with Crippen LogP contribution in [-0.2, 0) is 4.79 Å². The van der Waals surface area contributed by atoms with Gasteiger partial charge in [0, 0.05) is 6.20 Å². The lowest BCUT2D eigenvalue weighted by atomic mass is 9.74. The van der Waals surface area contributed by atoms with Gasteiger partial charge in [0.1, 0.15) is 0 Å². The van der Waals surface area contributed by atoms with Gasteiger partial charge in [-0.05, 0) is 39.8 Å². The van der Waals surface area contributed by atoms with E-state index in [1.54, 1.807) is 46.0 Å². The molecule has 104 valence electrons. The van der Waals surface area contributed by atoms with Crippen molar-refractivity contribution in [2.75, 3.05) is 5.32 Å². The number of hydrogen-bond acceptors (Lipinski definition) is 3. The summed E-state index contributed by atoms with van der Waals surface area (Å²) in [6, 6.07) is 2.93. The molecule has 0 bridgehead atoms. The summed E-state index contributed by atoms with van der Waals surface area (Å²) in [6.45, 7) is 6.48. The fourth-order valence-electron chi connectivity index (χ4n) is 1.31. The lowest BCUT2D eigenvalue weighted by molar-refractivity contribution is -0.150. The maximum atomic E-state index is 11.9. The Kier molecular flexibility index (Phi) is 4.14. The van der Waals surface area contributed by atoms with Crippen LogP contribution in [0.25, 0.3) is 0 Å². The fourth-order valence-corrected chi connectivity index (χ4v) is 1.31. The Hall–Kier alpha value is -2.11. The number of carbonyl (C=O) groups is 2. The summed E-state index contributed by atoms with van der Waals surface area (Å²) < 4.78 is 0. The van der Waals surface area contributed by atoms with Crippen molar-refractivity contribution in [1.29, 1.82) is 0 Å². The van der Waals surface area contributed by atoms with Crippen molar-refractivity contribution in [2.45, 2.75) is 33.2 Å². The molecule has 0 fully saturated rings. The Labute approximate surface area is 112 Å². The molecule has 0 unspecified atom stereocenters. The number of carbonyl (C=O) groups excluding carboxylic acids is 1. The van der Waals surface area contributed by atoms with E-state index in [0.29, 0.717) is 5.69 Å². The zero-order chi connectivity index (χ0) is 14.7. The van der Waals surface area contributed by atoms with Gasteiger partial charge in [0.05, 0.1) is 22.8 Å². The van der Waals surface area contributed by atoms with Gasteiger partial charge in [0.25, 0.3) is 0 Å². The lowest BCUT2D eigenvalue weighted by Gasteiger charge is -2.38. The SMILES string of the molecule is CC(C)(NC(=O)Nc1cccnc1)C(C)(C)C(=O)O. The molecule has 3 N–H and O–H groups in total. The number of anilines is 1. The minimum Gasteiger partial charge on any atom is -0.481 e. The molecule has 19 heavy (non-hydrogen) atoms. The highest BCUT2D eigenvalue weighted by atomic mass is 16.4. The van der Waals surface area contributed by atoms with Crippen LogP contribution in [0.5, 0.6) is 0 Å². The zero-order valence-corrected chi connectivity index (χ0v) is 11.5. The van der Waals surface area contributed by atoms with Gasteiger partial charge < -0.3 is 15.7 Å². The topological polar surface area (TPSA) is 91.3 Å². The molecule has 2 amide bonds. The Morgan fingerprint density at radius 1 is 1.26 bits per heavy atom. The van der Waals surface area contributed by atoms with Gasteiger partial charge in [-0.3, -0.25) is 9.78 Å². The number of nitrogens with one attached hydrogen (secondary N) is 2. The van der Waals surface area contributed by atoms with Gasteiger partial charge in [-0.1, -0.05) is 0 Å². The predicted molar refractivity (Wildman–Crippen MR) is 71.9 cm³/mol. The molecule has 1 heterocycles. The number of carboxylic acids is 1. The maximum absolute atomic E-state index is 11.9. The number of hydrogen-bond donors (Lipinski definition) is 3. The summed E-state index contributed by atoms with van der Waals surface area (Å²) in [6.07, 6.45) is 3.11. The number of aromatic nitrogens is 1. The largest absolute Gasteiger partial charge is 0.481 e. The summed E-state index contributed by atoms with van der Waals surface area (Å²) in [5.74, 6) is -0.973. The van der Waals surface area contributed by atoms with Crippen molar-refractivity contribution in [2.24, 2.45) is 5.41 Å². The molecular formula is C13H19N3O3. The quantitative estimate of drug-likeness (QED) is 0.777. The van der Waals surface area contributed by atoms with Crippen LogP contribution < -0.4 is 10.6 Å². The van der Waals surface area contributed by atoms with Crippen LogP contribution in [0, 0.1) is 5.41 Å². The molecule has 0 radical (unpaired) electrons. The third-order valence-corrected chi connectivity index (χ3v) is 3.44. The molecule has 0 aliphatic carbocycles. The van der Waals surface area contributed by atoms with E-state index in [-0.39, 0.29) is 0 Å². The second kappa shape index (κ2) is 5.26. The molecule has 6 nitrogen and oxygen atoms in total. The summed E-state index contributed by atoms with van der Waals surface area (Å²) >= 11 is 0. The molecule has 1 aromatic heterocycles. The molecule has 1 rings (SSSR count). The normalized spacial score (nSPS) is 11.8. The van der Waals surface area contributed by atoms with Crippen LogP contribution in [0.15, 0.2) is 24.5 Å². The van der Waals surface area contributed by atoms with Crippen molar-refractivity contribution in [3.8, 4) is 0 Å². The van der Waals surface area contributed by atoms with E-state index in [1.165, 1.54) is 6.20 Å². The molecule has 0 spiro atoms. The average Bonchev–Trinajstić information content (AvgIpc) is 2.28. The minimum atomic E-state index is -1.10. The van der Waals surface area contributed by atoms with Crippen molar-refractivity contribution in [3.05, 3.63) is 24.5 Å². The van der Waals surface area contributed by atoms with Crippen LogP contribution in [0.1, 0.15) is 27.7 Å². The molecule has 0 saturated heterocycles. The van der Waals surface area contributed by atoms with E-state index in [2.05, 4.69) is 15.6 Å². The monoisotopic (exact) mass is 265 g/mol. The number of rotatable bonds is 4. The van der Waals surface area contributed by atoms with Crippen molar-refractivity contribution in [1.82, 2.24) is 10.3 Å². The maximum Gasteiger partial charge on any atom is 0.319 e. The van der Waals surface area contributed by atoms with E-state index < -0.39 is 23.0 Å². The van der Waals surface area contributed by atoms with E-state index in [9.17, 15) is 14.7 Å². The first-order valence-corrected chi connectivity index (χ1v) is 5.89. The number of pyridine rings is 1. The predicted octanol–water partition coefficient (Wildman–Crippen LogP) is 2.09. The van der Waals surface area contributed by atoms with Gasteiger partial charge in [0.15, 0.2) is 0 Å². The summed E-state index contributed by atoms with van der Waals surface area (Å²) in [5.41, 5.74) is -1.46. The number of aliphatic carboxylic acids is 1. The average molecular weight is 265 g/mol. The van der Waals surface area contributed by atoms with Crippen LogP contribution >= 0.6 is 0 Å². The van der Waals surface area contributed by atoms with Gasteiger partial charge in [-0.15, -0.1) is 0 Å². The standard InChI is InChI=1S/C13H19N3O3/c1-12(2,10(17)18)13(3,4)16-11(19)15-9-6-5-7-14-8-9/h5-8H,1-4H3,(H,17,18)(H2,15,16,19). The minimum absolute atomic E-state index is 0.465. The van der Waals surface area contributed by atoms with Crippen molar-refractivity contribution in [3.63, 3.8) is 0 Å². The number of nitrogens with zero attached hydrogens (tertiary/aromatic N) is 1. The van der Waals surface area contributed by atoms with E-state index >= 15 is 0 Å². The van der Waals surface area contributed by atoms with Crippen molar-refractivity contribution >= 4 is 17.7 Å². The molecule has 0 aliphatic rings. The van der Waals surface area contributed by atoms with Crippen molar-refractivity contribution < 1.29 is 14.7 Å². The third kappa shape index (κ3) is 3.43. The highest BCUT2D eigenvalue weighted by Crippen LogP contribution is 2.30. The molecule has 0 aliphatic heterocycles. The first-order chi connectivity index (χ1) is 8.67. The summed E-state index contributed by atoms with van der Waals surface area (Å²) in [4.78, 5) is 27.0. The Balaban J connectivity index is 2.74. The molecule has 0 aromatic carbocycles.